The molecule has 0 amide bonds. The summed E-state index contributed by atoms with van der Waals surface area (Å²) in [6.07, 6.45) is 1.26. The molecule has 2 heterocycles. The van der Waals surface area contributed by atoms with Crippen molar-refractivity contribution in [2.75, 3.05) is 18.5 Å². The van der Waals surface area contributed by atoms with Crippen LogP contribution in [0.15, 0.2) is 30.6 Å². The first-order valence-electron chi connectivity index (χ1n) is 13.4. The second-order valence-corrected chi connectivity index (χ2v) is 17.9. The van der Waals surface area contributed by atoms with Crippen LogP contribution >= 0.6 is 12.2 Å². The van der Waals surface area contributed by atoms with E-state index in [-0.39, 0.29) is 30.1 Å². The van der Waals surface area contributed by atoms with Crippen LogP contribution in [0, 0.1) is 17.0 Å². The van der Waals surface area contributed by atoms with E-state index in [1.165, 1.54) is 10.8 Å². The number of alkyl halides is 3. The second kappa shape index (κ2) is 12.3. The van der Waals surface area contributed by atoms with Crippen molar-refractivity contribution in [3.63, 3.8) is 0 Å². The number of aliphatic hydroxyl groups is 1. The fraction of sp³-hybridized carbons (Fsp3) is 0.500. The van der Waals surface area contributed by atoms with Crippen molar-refractivity contribution in [2.45, 2.75) is 70.7 Å². The summed E-state index contributed by atoms with van der Waals surface area (Å²) in [6.45, 7) is 6.76. The summed E-state index contributed by atoms with van der Waals surface area (Å²) < 4.78 is 84.3. The molecule has 0 spiro atoms. The Morgan fingerprint density at radius 2 is 1.88 bits per heavy atom. The molecule has 224 valence electrons. The van der Waals surface area contributed by atoms with E-state index in [9.17, 15) is 18.3 Å². The van der Waals surface area contributed by atoms with Crippen molar-refractivity contribution in [2.24, 2.45) is 5.41 Å². The summed E-state index contributed by atoms with van der Waals surface area (Å²) in [5.41, 5.74) is -1.24. The summed E-state index contributed by atoms with van der Waals surface area (Å²) in [5, 5.41) is 12.0. The van der Waals surface area contributed by atoms with Gasteiger partial charge in [-0.05, 0) is 43.2 Å². The van der Waals surface area contributed by atoms with Gasteiger partial charge in [-0.3, -0.25) is 0 Å². The van der Waals surface area contributed by atoms with Crippen LogP contribution in [0.25, 0.3) is 11.0 Å². The Balaban J connectivity index is 1.54. The highest BCUT2D eigenvalue weighted by molar-refractivity contribution is 7.80. The number of aliphatic hydroxyl groups excluding tert-OH is 1. The van der Waals surface area contributed by atoms with Gasteiger partial charge in [0.25, 0.3) is 0 Å². The molecule has 2 N–H and O–H groups in total. The van der Waals surface area contributed by atoms with Gasteiger partial charge in [0.1, 0.15) is 18.1 Å². The maximum Gasteiger partial charge on any atom is 0.418 e. The lowest BCUT2D eigenvalue weighted by molar-refractivity contribution is -0.136. The van der Waals surface area contributed by atoms with Crippen molar-refractivity contribution in [1.29, 1.82) is 0 Å². The van der Waals surface area contributed by atoms with Crippen LogP contribution in [0.2, 0.25) is 25.7 Å². The topological polar surface area (TPSA) is 68.5 Å². The highest BCUT2D eigenvalue weighted by atomic mass is 32.1. The number of hydrogen-bond donors (Lipinski definition) is 2. The number of pyridine rings is 1. The van der Waals surface area contributed by atoms with E-state index in [0.29, 0.717) is 24.4 Å². The molecule has 1 saturated carbocycles. The van der Waals surface area contributed by atoms with Gasteiger partial charge in [-0.25, -0.2) is 13.8 Å². The standard InChI is InChI=1S/C28H34F5N3O3SSi/c1-41(2,3)12-11-38-17-36-15-19(28(31,32)33)24-22(6-10-34-26(24)36)39-25-20(29)13-18(14-21(25)30)35-23(40)5-9-27(16-37)7-4-8-27/h6,10,13-15,37H,4-5,7-9,11-12,16-17H2,1-3H3,(H,35,40). The minimum absolute atomic E-state index is 0.0430. The fourth-order valence-corrected chi connectivity index (χ4v) is 5.71. The monoisotopic (exact) mass is 615 g/mol. The number of nitrogens with one attached hydrogen (secondary N) is 1. The highest BCUT2D eigenvalue weighted by Gasteiger charge is 2.37. The van der Waals surface area contributed by atoms with Crippen molar-refractivity contribution in [3.8, 4) is 11.5 Å². The molecule has 1 aliphatic carbocycles. The minimum Gasteiger partial charge on any atom is -0.450 e. The third-order valence-electron chi connectivity index (χ3n) is 7.38. The molecule has 41 heavy (non-hydrogen) atoms. The van der Waals surface area contributed by atoms with Crippen molar-refractivity contribution >= 4 is 42.0 Å². The van der Waals surface area contributed by atoms with E-state index in [0.717, 1.165) is 49.7 Å². The molecule has 2 aromatic heterocycles. The van der Waals surface area contributed by atoms with Gasteiger partial charge in [-0.1, -0.05) is 38.3 Å². The zero-order valence-corrected chi connectivity index (χ0v) is 25.0. The Labute approximate surface area is 241 Å². The van der Waals surface area contributed by atoms with E-state index in [2.05, 4.69) is 29.9 Å². The van der Waals surface area contributed by atoms with E-state index >= 15 is 8.78 Å². The first-order valence-corrected chi connectivity index (χ1v) is 17.5. The largest absolute Gasteiger partial charge is 0.450 e. The Kier molecular flexibility index (Phi) is 9.41. The predicted molar refractivity (Wildman–Crippen MR) is 154 cm³/mol. The number of fused-ring (bicyclic) bond motifs is 1. The number of hydrogen-bond acceptors (Lipinski definition) is 5. The number of halogens is 5. The quantitative estimate of drug-likeness (QED) is 0.0929. The smallest absolute Gasteiger partial charge is 0.418 e. The molecule has 3 aromatic rings. The first kappa shape index (κ1) is 31.3. The average molecular weight is 616 g/mol. The molecule has 0 bridgehead atoms. The molecule has 6 nitrogen and oxygen atoms in total. The molecule has 1 fully saturated rings. The molecule has 0 saturated heterocycles. The van der Waals surface area contributed by atoms with Crippen molar-refractivity contribution in [1.82, 2.24) is 9.55 Å². The number of rotatable bonds is 12. The normalized spacial score (nSPS) is 15.1. The van der Waals surface area contributed by atoms with E-state index < -0.39 is 48.3 Å². The van der Waals surface area contributed by atoms with Crippen LogP contribution in [-0.2, 0) is 17.6 Å². The van der Waals surface area contributed by atoms with Gasteiger partial charge in [0.05, 0.1) is 15.9 Å². The molecule has 13 heteroatoms. The number of anilines is 1. The van der Waals surface area contributed by atoms with Crippen LogP contribution in [0.3, 0.4) is 0 Å². The summed E-state index contributed by atoms with van der Waals surface area (Å²) in [7, 11) is -1.40. The van der Waals surface area contributed by atoms with E-state index in [1.807, 2.05) is 0 Å². The zero-order valence-electron chi connectivity index (χ0n) is 23.2. The third kappa shape index (κ3) is 7.62. The van der Waals surface area contributed by atoms with Crippen molar-refractivity contribution < 1.29 is 36.5 Å². The number of thiocarbonyl (C=S) groups is 1. The molecule has 0 radical (unpaired) electrons. The summed E-state index contributed by atoms with van der Waals surface area (Å²) in [5.74, 6) is -3.48. The van der Waals surface area contributed by atoms with Crippen LogP contribution in [0.1, 0.15) is 37.7 Å². The van der Waals surface area contributed by atoms with Gasteiger partial charge < -0.3 is 24.5 Å². The minimum atomic E-state index is -4.78. The Hall–Kier alpha value is -2.61. The van der Waals surface area contributed by atoms with Crippen LogP contribution in [-0.4, -0.2) is 40.9 Å². The van der Waals surface area contributed by atoms with Crippen LogP contribution < -0.4 is 10.1 Å². The lowest BCUT2D eigenvalue weighted by Gasteiger charge is -2.40. The van der Waals surface area contributed by atoms with Crippen LogP contribution in [0.4, 0.5) is 27.6 Å². The fourth-order valence-electron chi connectivity index (χ4n) is 4.73. The van der Waals surface area contributed by atoms with Gasteiger partial charge in [-0.15, -0.1) is 0 Å². The van der Waals surface area contributed by atoms with Gasteiger partial charge in [-0.2, -0.15) is 13.2 Å². The number of nitrogens with zero attached hydrogens (tertiary/aromatic N) is 2. The molecule has 0 unspecified atom stereocenters. The Morgan fingerprint density at radius 1 is 1.20 bits per heavy atom. The summed E-state index contributed by atoms with van der Waals surface area (Å²) in [6, 6.07) is 3.90. The molecule has 1 aromatic carbocycles. The Bertz CT molecular complexity index is 1370. The van der Waals surface area contributed by atoms with E-state index in [1.54, 1.807) is 0 Å². The number of benzene rings is 1. The maximum absolute atomic E-state index is 15.0. The average Bonchev–Trinajstić information content (AvgIpc) is 3.23. The third-order valence-corrected chi connectivity index (χ3v) is 9.39. The van der Waals surface area contributed by atoms with Gasteiger partial charge in [0.15, 0.2) is 17.4 Å². The van der Waals surface area contributed by atoms with Crippen LogP contribution in [0.5, 0.6) is 11.5 Å². The Morgan fingerprint density at radius 3 is 2.44 bits per heavy atom. The maximum atomic E-state index is 15.0. The van der Waals surface area contributed by atoms with Gasteiger partial charge in [0.2, 0.25) is 0 Å². The van der Waals surface area contributed by atoms with Gasteiger partial charge in [0, 0.05) is 51.5 Å². The molecule has 0 atom stereocenters. The van der Waals surface area contributed by atoms with Crippen molar-refractivity contribution in [3.05, 3.63) is 47.8 Å². The van der Waals surface area contributed by atoms with E-state index in [4.69, 9.17) is 21.7 Å². The summed E-state index contributed by atoms with van der Waals surface area (Å²) in [4.78, 5) is 4.43. The highest BCUT2D eigenvalue weighted by Crippen LogP contribution is 2.45. The first-order chi connectivity index (χ1) is 19.2. The molecule has 4 rings (SSSR count). The second-order valence-electron chi connectivity index (χ2n) is 11.8. The number of ether oxygens (including phenoxy) is 2. The molecule has 1 aliphatic rings. The number of aromatic nitrogens is 2. The lowest BCUT2D eigenvalue weighted by Crippen LogP contribution is -2.34. The molecule has 0 aliphatic heterocycles. The molecular weight excluding hydrogens is 581 g/mol. The van der Waals surface area contributed by atoms with Gasteiger partial charge >= 0.3 is 6.18 Å². The predicted octanol–water partition coefficient (Wildman–Crippen LogP) is 8.12. The SMILES string of the molecule is C[Si](C)(C)CCOCn1cc(C(F)(F)F)c2c(Oc3c(F)cc(NC(=S)CCC4(CO)CCC4)cc3F)ccnc21. The summed E-state index contributed by atoms with van der Waals surface area (Å²) >= 11 is 5.32. The lowest BCUT2D eigenvalue weighted by atomic mass is 9.67. The zero-order chi connectivity index (χ0) is 30.0. The molecular formula is C28H34F5N3O3SSi.